The van der Waals surface area contributed by atoms with Crippen LogP contribution in [0.15, 0.2) is 18.2 Å². The average molecular weight is 346 g/mol. The van der Waals surface area contributed by atoms with Crippen LogP contribution in [0.25, 0.3) is 0 Å². The molecule has 3 atom stereocenters. The molecular weight excluding hydrogens is 330 g/mol. The Hall–Kier alpha value is -2.64. The van der Waals surface area contributed by atoms with Crippen LogP contribution in [0.4, 0.5) is 19.4 Å². The summed E-state index contributed by atoms with van der Waals surface area (Å²) in [5.74, 6) is -0.443. The van der Waals surface area contributed by atoms with Crippen molar-refractivity contribution in [1.29, 1.82) is 0 Å². The largest absolute Gasteiger partial charge is 0.490 e. The van der Waals surface area contributed by atoms with Gasteiger partial charge < -0.3 is 10.1 Å². The molecule has 2 aromatic rings. The number of carbonyl (C=O) groups is 1. The molecule has 2 fully saturated rings. The average Bonchev–Trinajstić information content (AvgIpc) is 3.51. The van der Waals surface area contributed by atoms with Gasteiger partial charge in [-0.15, -0.1) is 0 Å². The summed E-state index contributed by atoms with van der Waals surface area (Å²) in [6, 6.07) is 3.29. The Morgan fingerprint density at radius 1 is 1.28 bits per heavy atom. The molecule has 2 aliphatic carbocycles. The van der Waals surface area contributed by atoms with E-state index in [2.05, 4.69) is 20.8 Å². The van der Waals surface area contributed by atoms with Crippen molar-refractivity contribution in [2.75, 3.05) is 11.9 Å². The van der Waals surface area contributed by atoms with Crippen molar-refractivity contribution in [3.8, 4) is 5.75 Å². The van der Waals surface area contributed by atoms with Gasteiger partial charge in [0.15, 0.2) is 17.4 Å². The number of anilines is 1. The van der Waals surface area contributed by atoms with Gasteiger partial charge in [0.05, 0.1) is 6.61 Å². The van der Waals surface area contributed by atoms with Crippen molar-refractivity contribution in [2.24, 2.45) is 5.92 Å². The lowest BCUT2D eigenvalue weighted by atomic mass is 10.0. The summed E-state index contributed by atoms with van der Waals surface area (Å²) in [5, 5.41) is 12.5. The molecule has 1 aromatic heterocycles. The zero-order chi connectivity index (χ0) is 17.1. The summed E-state index contributed by atoms with van der Waals surface area (Å²) < 4.78 is 33.2. The van der Waals surface area contributed by atoms with Crippen LogP contribution in [-0.4, -0.2) is 28.9 Å². The molecule has 5 rings (SSSR count). The molecule has 1 aromatic carbocycles. The number of hydrogen-bond acceptors (Lipinski definition) is 3. The van der Waals surface area contributed by atoms with Crippen LogP contribution in [0.5, 0.6) is 5.75 Å². The van der Waals surface area contributed by atoms with E-state index in [-0.39, 0.29) is 35.8 Å². The summed E-state index contributed by atoms with van der Waals surface area (Å²) in [6.45, 7) is 0.261. The number of nitrogens with one attached hydrogen (secondary N) is 3. The third-order valence-electron chi connectivity index (χ3n) is 5.17. The number of carbonyl (C=O) groups excluding carboxylic acids is 1. The van der Waals surface area contributed by atoms with Crippen LogP contribution in [0.1, 0.15) is 35.9 Å². The molecule has 130 valence electrons. The molecule has 0 spiro atoms. The second kappa shape index (κ2) is 5.18. The molecule has 3 aliphatic rings. The number of rotatable bonds is 3. The highest BCUT2D eigenvalue weighted by atomic mass is 19.1. The van der Waals surface area contributed by atoms with Gasteiger partial charge in [-0.05, 0) is 25.0 Å². The van der Waals surface area contributed by atoms with E-state index in [4.69, 9.17) is 4.74 Å². The van der Waals surface area contributed by atoms with E-state index in [0.29, 0.717) is 11.7 Å². The van der Waals surface area contributed by atoms with Gasteiger partial charge in [0.2, 0.25) is 0 Å². The Labute approximate surface area is 141 Å². The first-order chi connectivity index (χ1) is 12.1. The minimum Gasteiger partial charge on any atom is -0.490 e. The van der Waals surface area contributed by atoms with E-state index in [1.54, 1.807) is 0 Å². The zero-order valence-electron chi connectivity index (χ0n) is 13.2. The predicted octanol–water partition coefficient (Wildman–Crippen LogP) is 2.86. The highest BCUT2D eigenvalue weighted by Gasteiger charge is 2.57. The monoisotopic (exact) mass is 346 g/mol. The summed E-state index contributed by atoms with van der Waals surface area (Å²) in [6.07, 6.45) is 2.28. The number of ether oxygens (including phenoxy) is 1. The van der Waals surface area contributed by atoms with Crippen LogP contribution in [0, 0.1) is 17.6 Å². The standard InChI is InChI=1S/C17H16F2N4O2/c18-9-3-4-10(19)16-14(9)13-8(6-25-16)15(13)21-17(24)20-12-5-11(22-23-12)7-1-2-7/h3-5,7-8,13,15H,1-2,6H2,(H3,20,21,22,23,24)/t8-,13?,15-/m1/s1. The molecule has 0 saturated heterocycles. The van der Waals surface area contributed by atoms with Gasteiger partial charge in [-0.1, -0.05) is 0 Å². The first-order valence-corrected chi connectivity index (χ1v) is 8.35. The molecule has 1 unspecified atom stereocenters. The molecular formula is C17H16F2N4O2. The zero-order valence-corrected chi connectivity index (χ0v) is 13.2. The van der Waals surface area contributed by atoms with Crippen molar-refractivity contribution >= 4 is 11.8 Å². The highest BCUT2D eigenvalue weighted by molar-refractivity contribution is 5.89. The number of H-pyrrole nitrogens is 1. The number of urea groups is 1. The minimum atomic E-state index is -0.575. The summed E-state index contributed by atoms with van der Waals surface area (Å²) in [5.41, 5.74) is 1.24. The molecule has 2 amide bonds. The van der Waals surface area contributed by atoms with Crippen molar-refractivity contribution in [2.45, 2.75) is 30.7 Å². The quantitative estimate of drug-likeness (QED) is 0.800. The first-order valence-electron chi connectivity index (χ1n) is 8.35. The molecule has 0 bridgehead atoms. The molecule has 8 heteroatoms. The number of hydrogen-bond donors (Lipinski definition) is 3. The Balaban J connectivity index is 1.27. The normalized spacial score (nSPS) is 26.2. The lowest BCUT2D eigenvalue weighted by molar-refractivity contribution is 0.247. The Kier molecular flexibility index (Phi) is 3.04. The predicted molar refractivity (Wildman–Crippen MR) is 84.6 cm³/mol. The number of nitrogens with zero attached hydrogens (tertiary/aromatic N) is 1. The van der Waals surface area contributed by atoms with Crippen LogP contribution in [-0.2, 0) is 0 Å². The number of fused-ring (bicyclic) bond motifs is 3. The summed E-state index contributed by atoms with van der Waals surface area (Å²) >= 11 is 0. The van der Waals surface area contributed by atoms with Crippen LogP contribution in [0.3, 0.4) is 0 Å². The van der Waals surface area contributed by atoms with Crippen molar-refractivity contribution in [3.63, 3.8) is 0 Å². The third-order valence-corrected chi connectivity index (χ3v) is 5.17. The minimum absolute atomic E-state index is 0.0349. The maximum absolute atomic E-state index is 14.1. The fraction of sp³-hybridized carbons (Fsp3) is 0.412. The van der Waals surface area contributed by atoms with Gasteiger partial charge in [0, 0.05) is 41.1 Å². The maximum atomic E-state index is 14.1. The maximum Gasteiger partial charge on any atom is 0.320 e. The van der Waals surface area contributed by atoms with Crippen molar-refractivity contribution in [3.05, 3.63) is 41.1 Å². The molecule has 0 radical (unpaired) electrons. The van der Waals surface area contributed by atoms with Gasteiger partial charge in [-0.2, -0.15) is 5.10 Å². The Bertz CT molecular complexity index is 864. The molecule has 1 aliphatic heterocycles. The molecule has 3 N–H and O–H groups in total. The van der Waals surface area contributed by atoms with E-state index in [0.717, 1.165) is 30.7 Å². The van der Waals surface area contributed by atoms with Gasteiger partial charge in [0.25, 0.3) is 0 Å². The molecule has 25 heavy (non-hydrogen) atoms. The van der Waals surface area contributed by atoms with E-state index in [9.17, 15) is 13.6 Å². The molecule has 6 nitrogen and oxygen atoms in total. The van der Waals surface area contributed by atoms with Gasteiger partial charge in [-0.3, -0.25) is 10.4 Å². The number of aromatic amines is 1. The second-order valence-electron chi connectivity index (χ2n) is 6.88. The topological polar surface area (TPSA) is 79.0 Å². The van der Waals surface area contributed by atoms with Crippen LogP contribution >= 0.6 is 0 Å². The summed E-state index contributed by atoms with van der Waals surface area (Å²) in [7, 11) is 0. The van der Waals surface area contributed by atoms with Crippen LogP contribution in [0.2, 0.25) is 0 Å². The molecule has 2 saturated carbocycles. The van der Waals surface area contributed by atoms with E-state index in [1.807, 2.05) is 6.07 Å². The fourth-order valence-electron chi connectivity index (χ4n) is 3.67. The Morgan fingerprint density at radius 3 is 2.88 bits per heavy atom. The number of amides is 2. The summed E-state index contributed by atoms with van der Waals surface area (Å²) in [4.78, 5) is 12.2. The number of benzene rings is 1. The molecule has 2 heterocycles. The smallest absolute Gasteiger partial charge is 0.320 e. The third kappa shape index (κ3) is 2.43. The second-order valence-corrected chi connectivity index (χ2v) is 6.88. The van der Waals surface area contributed by atoms with Gasteiger partial charge >= 0.3 is 6.03 Å². The SMILES string of the molecule is O=C(Nc1cc(C2CC2)[nH]n1)N[C@H]1C2c3c(F)ccc(F)c3OC[C@H]21. The lowest BCUT2D eigenvalue weighted by Gasteiger charge is -2.16. The highest BCUT2D eigenvalue weighted by Crippen LogP contribution is 2.55. The van der Waals surface area contributed by atoms with E-state index in [1.165, 1.54) is 0 Å². The van der Waals surface area contributed by atoms with Gasteiger partial charge in [-0.25, -0.2) is 13.6 Å². The first kappa shape index (κ1) is 14.7. The number of aromatic nitrogens is 2. The van der Waals surface area contributed by atoms with Crippen molar-refractivity contribution < 1.29 is 18.3 Å². The van der Waals surface area contributed by atoms with Crippen LogP contribution < -0.4 is 15.4 Å². The Morgan fingerprint density at radius 2 is 2.08 bits per heavy atom. The number of halogens is 2. The van der Waals surface area contributed by atoms with Crippen molar-refractivity contribution in [1.82, 2.24) is 15.5 Å². The van der Waals surface area contributed by atoms with Gasteiger partial charge in [0.1, 0.15) is 5.82 Å². The fourth-order valence-corrected chi connectivity index (χ4v) is 3.67. The van der Waals surface area contributed by atoms with E-state index < -0.39 is 17.7 Å². The van der Waals surface area contributed by atoms with E-state index >= 15 is 0 Å². The lowest BCUT2D eigenvalue weighted by Crippen LogP contribution is -2.32.